The lowest BCUT2D eigenvalue weighted by atomic mass is 9.79. The number of hydrogen-bond donors (Lipinski definition) is 2. The number of rotatable bonds is 6. The lowest BCUT2D eigenvalue weighted by Gasteiger charge is -2.36. The maximum absolute atomic E-state index is 12.0. The molecule has 0 bridgehead atoms. The van der Waals surface area contributed by atoms with Crippen LogP contribution in [0.3, 0.4) is 0 Å². The van der Waals surface area contributed by atoms with Crippen molar-refractivity contribution in [3.05, 3.63) is 35.9 Å². The van der Waals surface area contributed by atoms with E-state index in [1.165, 1.54) is 19.3 Å². The summed E-state index contributed by atoms with van der Waals surface area (Å²) < 4.78 is 0. The van der Waals surface area contributed by atoms with Gasteiger partial charge in [0.1, 0.15) is 0 Å². The molecule has 0 aromatic heterocycles. The molecule has 20 heavy (non-hydrogen) atoms. The third kappa shape index (κ3) is 4.32. The lowest BCUT2D eigenvalue weighted by molar-refractivity contribution is -0.136. The van der Waals surface area contributed by atoms with Gasteiger partial charge in [-0.25, -0.2) is 5.48 Å². The Labute approximate surface area is 120 Å². The summed E-state index contributed by atoms with van der Waals surface area (Å²) in [5.41, 5.74) is 3.57. The van der Waals surface area contributed by atoms with Crippen LogP contribution in [0.5, 0.6) is 0 Å². The van der Waals surface area contributed by atoms with Gasteiger partial charge in [-0.05, 0) is 25.5 Å². The largest absolute Gasteiger partial charge is 0.314 e. The van der Waals surface area contributed by atoms with Crippen molar-refractivity contribution in [3.63, 3.8) is 0 Å². The molecule has 0 saturated heterocycles. The second-order valence-electron chi connectivity index (χ2n) is 5.57. The SMILES string of the molecule is CNC1(CC(=O)NOCc2ccccc2)CCCCC1. The molecule has 1 saturated carbocycles. The number of hydroxylamine groups is 1. The highest BCUT2D eigenvalue weighted by molar-refractivity contribution is 5.76. The van der Waals surface area contributed by atoms with E-state index < -0.39 is 0 Å². The fraction of sp³-hybridized carbons (Fsp3) is 0.562. The Morgan fingerprint density at radius 1 is 1.20 bits per heavy atom. The van der Waals surface area contributed by atoms with Crippen molar-refractivity contribution in [1.82, 2.24) is 10.8 Å². The van der Waals surface area contributed by atoms with E-state index >= 15 is 0 Å². The van der Waals surface area contributed by atoms with Crippen molar-refractivity contribution < 1.29 is 9.63 Å². The van der Waals surface area contributed by atoms with Gasteiger partial charge in [0, 0.05) is 12.0 Å². The highest BCUT2D eigenvalue weighted by Crippen LogP contribution is 2.30. The fourth-order valence-corrected chi connectivity index (χ4v) is 2.86. The minimum absolute atomic E-state index is 0.0432. The first-order valence-corrected chi connectivity index (χ1v) is 7.38. The highest BCUT2D eigenvalue weighted by Gasteiger charge is 2.32. The summed E-state index contributed by atoms with van der Waals surface area (Å²) in [5, 5.41) is 3.34. The molecule has 0 heterocycles. The Hall–Kier alpha value is -1.39. The van der Waals surface area contributed by atoms with Crippen LogP contribution in [0.2, 0.25) is 0 Å². The van der Waals surface area contributed by atoms with Gasteiger partial charge in [0.15, 0.2) is 0 Å². The number of carbonyl (C=O) groups is 1. The van der Waals surface area contributed by atoms with Crippen LogP contribution in [0.1, 0.15) is 44.1 Å². The maximum atomic E-state index is 12.0. The first kappa shape index (κ1) is 15.0. The van der Waals surface area contributed by atoms with E-state index in [0.717, 1.165) is 18.4 Å². The molecule has 1 aromatic carbocycles. The summed E-state index contributed by atoms with van der Waals surface area (Å²) in [6.07, 6.45) is 6.27. The summed E-state index contributed by atoms with van der Waals surface area (Å²) >= 11 is 0. The van der Waals surface area contributed by atoms with Crippen LogP contribution in [0, 0.1) is 0 Å². The second-order valence-corrected chi connectivity index (χ2v) is 5.57. The van der Waals surface area contributed by atoms with Crippen molar-refractivity contribution in [2.75, 3.05) is 7.05 Å². The van der Waals surface area contributed by atoms with Crippen LogP contribution in [0.15, 0.2) is 30.3 Å². The number of nitrogens with one attached hydrogen (secondary N) is 2. The molecule has 1 aliphatic carbocycles. The Morgan fingerprint density at radius 3 is 2.55 bits per heavy atom. The molecule has 0 unspecified atom stereocenters. The van der Waals surface area contributed by atoms with Gasteiger partial charge in [0.2, 0.25) is 5.91 Å². The molecule has 0 radical (unpaired) electrons. The molecule has 1 aromatic rings. The van der Waals surface area contributed by atoms with Crippen LogP contribution in [0.25, 0.3) is 0 Å². The van der Waals surface area contributed by atoms with E-state index in [2.05, 4.69) is 10.8 Å². The average molecular weight is 276 g/mol. The minimum atomic E-state index is -0.0443. The molecule has 2 N–H and O–H groups in total. The lowest BCUT2D eigenvalue weighted by Crippen LogP contribution is -2.48. The zero-order chi connectivity index (χ0) is 14.3. The molecular formula is C16H24N2O2. The van der Waals surface area contributed by atoms with Crippen molar-refractivity contribution >= 4 is 5.91 Å². The molecule has 4 nitrogen and oxygen atoms in total. The number of benzene rings is 1. The van der Waals surface area contributed by atoms with Crippen molar-refractivity contribution in [1.29, 1.82) is 0 Å². The van der Waals surface area contributed by atoms with E-state index in [1.807, 2.05) is 37.4 Å². The topological polar surface area (TPSA) is 50.4 Å². The van der Waals surface area contributed by atoms with Crippen molar-refractivity contribution in [3.8, 4) is 0 Å². The zero-order valence-electron chi connectivity index (χ0n) is 12.2. The van der Waals surface area contributed by atoms with E-state index in [1.54, 1.807) is 0 Å². The third-order valence-corrected chi connectivity index (χ3v) is 4.11. The van der Waals surface area contributed by atoms with Gasteiger partial charge in [-0.1, -0.05) is 49.6 Å². The fourth-order valence-electron chi connectivity index (χ4n) is 2.86. The molecule has 0 spiro atoms. The molecule has 110 valence electrons. The summed E-state index contributed by atoms with van der Waals surface area (Å²) in [6.45, 7) is 0.402. The van der Waals surface area contributed by atoms with Crippen LogP contribution in [-0.4, -0.2) is 18.5 Å². The Balaban J connectivity index is 1.74. The maximum Gasteiger partial charge on any atom is 0.245 e. The van der Waals surface area contributed by atoms with Gasteiger partial charge in [-0.2, -0.15) is 0 Å². The van der Waals surface area contributed by atoms with Crippen LogP contribution < -0.4 is 10.8 Å². The summed E-state index contributed by atoms with van der Waals surface area (Å²) in [4.78, 5) is 17.3. The van der Waals surface area contributed by atoms with Crippen molar-refractivity contribution in [2.45, 2.75) is 50.7 Å². The molecule has 1 aliphatic rings. The normalized spacial score (nSPS) is 17.6. The average Bonchev–Trinajstić information content (AvgIpc) is 2.49. The second kappa shape index (κ2) is 7.41. The van der Waals surface area contributed by atoms with Gasteiger partial charge in [0.05, 0.1) is 6.61 Å². The molecule has 0 aliphatic heterocycles. The van der Waals surface area contributed by atoms with E-state index in [-0.39, 0.29) is 11.4 Å². The summed E-state index contributed by atoms with van der Waals surface area (Å²) in [7, 11) is 1.95. The van der Waals surface area contributed by atoms with Gasteiger partial charge in [-0.15, -0.1) is 0 Å². The third-order valence-electron chi connectivity index (χ3n) is 4.11. The van der Waals surface area contributed by atoms with Crippen molar-refractivity contribution in [2.24, 2.45) is 0 Å². The number of hydrogen-bond acceptors (Lipinski definition) is 3. The first-order chi connectivity index (χ1) is 9.74. The smallest absolute Gasteiger partial charge is 0.245 e. The van der Waals surface area contributed by atoms with Crippen LogP contribution in [0.4, 0.5) is 0 Å². The van der Waals surface area contributed by atoms with Gasteiger partial charge in [0.25, 0.3) is 0 Å². The molecule has 0 atom stereocenters. The monoisotopic (exact) mass is 276 g/mol. The Kier molecular flexibility index (Phi) is 5.56. The van der Waals surface area contributed by atoms with E-state index in [0.29, 0.717) is 13.0 Å². The summed E-state index contributed by atoms with van der Waals surface area (Å²) in [5.74, 6) is -0.0443. The summed E-state index contributed by atoms with van der Waals surface area (Å²) in [6, 6.07) is 9.82. The first-order valence-electron chi connectivity index (χ1n) is 7.38. The molecular weight excluding hydrogens is 252 g/mol. The van der Waals surface area contributed by atoms with Gasteiger partial charge in [-0.3, -0.25) is 9.63 Å². The standard InChI is InChI=1S/C16H24N2O2/c1-17-16(10-6-3-7-11-16)12-15(19)18-20-13-14-8-4-2-5-9-14/h2,4-5,8-9,17H,3,6-7,10-13H2,1H3,(H,18,19). The molecule has 1 amide bonds. The Bertz CT molecular complexity index is 414. The van der Waals surface area contributed by atoms with E-state index in [9.17, 15) is 4.79 Å². The highest BCUT2D eigenvalue weighted by atomic mass is 16.6. The molecule has 2 rings (SSSR count). The van der Waals surface area contributed by atoms with E-state index in [4.69, 9.17) is 4.84 Å². The quantitative estimate of drug-likeness (QED) is 0.785. The van der Waals surface area contributed by atoms with Gasteiger partial charge >= 0.3 is 0 Å². The minimum Gasteiger partial charge on any atom is -0.314 e. The van der Waals surface area contributed by atoms with Gasteiger partial charge < -0.3 is 5.32 Å². The number of carbonyl (C=O) groups excluding carboxylic acids is 1. The zero-order valence-corrected chi connectivity index (χ0v) is 12.2. The number of amides is 1. The molecule has 1 fully saturated rings. The molecule has 4 heteroatoms. The Morgan fingerprint density at radius 2 is 1.90 bits per heavy atom. The predicted octanol–water partition coefficient (Wildman–Crippen LogP) is 2.55. The van der Waals surface area contributed by atoms with Crippen LogP contribution in [-0.2, 0) is 16.2 Å². The predicted molar refractivity (Wildman–Crippen MR) is 78.9 cm³/mol. The van der Waals surface area contributed by atoms with Crippen LogP contribution >= 0.6 is 0 Å².